The number of hydrogen-bond acceptors (Lipinski definition) is 8. The predicted molar refractivity (Wildman–Crippen MR) is 91.4 cm³/mol. The van der Waals surface area contributed by atoms with E-state index in [1.54, 1.807) is 18.0 Å². The number of aliphatic imine (C=N–C) groups is 2. The van der Waals surface area contributed by atoms with Gasteiger partial charge in [0.1, 0.15) is 5.04 Å². The van der Waals surface area contributed by atoms with E-state index in [9.17, 15) is 10.1 Å². The summed E-state index contributed by atoms with van der Waals surface area (Å²) in [4.78, 5) is 22.4. The average molecular weight is 348 g/mol. The Morgan fingerprint density at radius 3 is 2.95 bits per heavy atom. The van der Waals surface area contributed by atoms with Gasteiger partial charge in [-0.25, -0.2) is 4.98 Å². The van der Waals surface area contributed by atoms with Gasteiger partial charge < -0.3 is 11.5 Å². The molecule has 0 atom stereocenters. The molecule has 0 fully saturated rings. The maximum Gasteiger partial charge on any atom is 0.250 e. The van der Waals surface area contributed by atoms with Crippen LogP contribution in [0.5, 0.6) is 0 Å². The first kappa shape index (κ1) is 17.7. The minimum atomic E-state index is -0.372. The van der Waals surface area contributed by atoms with Crippen LogP contribution in [-0.4, -0.2) is 46.0 Å². The van der Waals surface area contributed by atoms with Crippen molar-refractivity contribution in [2.24, 2.45) is 21.5 Å². The second kappa shape index (κ2) is 9.58. The smallest absolute Gasteiger partial charge is 0.250 e. The number of thiazole rings is 1. The lowest BCUT2D eigenvalue weighted by Gasteiger charge is -1.99. The van der Waals surface area contributed by atoms with E-state index in [1.165, 1.54) is 23.1 Å². The van der Waals surface area contributed by atoms with Crippen LogP contribution >= 0.6 is 34.9 Å². The number of rotatable bonds is 8. The Balaban J connectivity index is 2.30. The topological polar surface area (TPSA) is 133 Å². The van der Waals surface area contributed by atoms with Crippen LogP contribution in [0.4, 0.5) is 5.13 Å². The molecule has 1 aromatic heterocycles. The highest BCUT2D eigenvalue weighted by molar-refractivity contribution is 8.13. The van der Waals surface area contributed by atoms with Crippen molar-refractivity contribution in [1.82, 2.24) is 4.98 Å². The lowest BCUT2D eigenvalue weighted by Crippen LogP contribution is -2.21. The quantitative estimate of drug-likeness (QED) is 0.238. The van der Waals surface area contributed by atoms with Crippen LogP contribution in [0.2, 0.25) is 0 Å². The van der Waals surface area contributed by atoms with Crippen LogP contribution in [0.15, 0.2) is 15.4 Å². The molecule has 11 heteroatoms. The standard InChI is InChI=1S/C10H16N6O2S3/c1-19-8(4-16(17)18)13-2-3-20-5-7-6-21-10(14-7)15-9(11)12/h6H,2-5H2,1H3,(H4,11,12,14,15). The summed E-state index contributed by atoms with van der Waals surface area (Å²) in [5.41, 5.74) is 11.5. The summed E-state index contributed by atoms with van der Waals surface area (Å²) in [7, 11) is 0. The summed E-state index contributed by atoms with van der Waals surface area (Å²) in [6.07, 6.45) is 1.79. The molecule has 0 saturated carbocycles. The molecule has 0 saturated heterocycles. The predicted octanol–water partition coefficient (Wildman–Crippen LogP) is 1.32. The molecular formula is C10H16N6O2S3. The third kappa shape index (κ3) is 7.87. The molecule has 21 heavy (non-hydrogen) atoms. The van der Waals surface area contributed by atoms with E-state index in [4.69, 9.17) is 11.5 Å². The van der Waals surface area contributed by atoms with Crippen molar-refractivity contribution >= 4 is 51.0 Å². The maximum atomic E-state index is 10.4. The third-order valence-electron chi connectivity index (χ3n) is 2.04. The highest BCUT2D eigenvalue weighted by Crippen LogP contribution is 2.21. The first-order valence-corrected chi connectivity index (χ1v) is 9.08. The van der Waals surface area contributed by atoms with Crippen LogP contribution in [-0.2, 0) is 5.75 Å². The normalized spacial score (nSPS) is 11.4. The van der Waals surface area contributed by atoms with Crippen molar-refractivity contribution in [3.8, 4) is 0 Å². The summed E-state index contributed by atoms with van der Waals surface area (Å²) in [6, 6.07) is 0. The fourth-order valence-corrected chi connectivity index (χ4v) is 3.21. The number of nitro groups is 1. The van der Waals surface area contributed by atoms with Gasteiger partial charge in [0.2, 0.25) is 5.13 Å². The first-order chi connectivity index (χ1) is 10.0. The van der Waals surface area contributed by atoms with Crippen LogP contribution in [0.1, 0.15) is 5.69 Å². The molecule has 0 aromatic carbocycles. The second-order valence-electron chi connectivity index (χ2n) is 3.68. The van der Waals surface area contributed by atoms with Crippen LogP contribution in [0, 0.1) is 10.1 Å². The fraction of sp³-hybridized carbons (Fsp3) is 0.500. The summed E-state index contributed by atoms with van der Waals surface area (Å²) in [6.45, 7) is 0.347. The van der Waals surface area contributed by atoms with Gasteiger partial charge in [-0.15, -0.1) is 23.1 Å². The SMILES string of the molecule is CSC(C[N+](=O)[O-])=NCCSCc1csc(N=C(N)N)n1. The molecule has 116 valence electrons. The van der Waals surface area contributed by atoms with E-state index >= 15 is 0 Å². The van der Waals surface area contributed by atoms with Gasteiger partial charge in [-0.05, 0) is 6.26 Å². The number of guanidine groups is 1. The highest BCUT2D eigenvalue weighted by atomic mass is 32.2. The summed E-state index contributed by atoms with van der Waals surface area (Å²) in [5.74, 6) is 1.50. The molecule has 0 radical (unpaired) electrons. The van der Waals surface area contributed by atoms with E-state index in [1.807, 2.05) is 5.38 Å². The van der Waals surface area contributed by atoms with E-state index < -0.39 is 0 Å². The van der Waals surface area contributed by atoms with Gasteiger partial charge in [-0.3, -0.25) is 15.1 Å². The van der Waals surface area contributed by atoms with Gasteiger partial charge >= 0.3 is 0 Å². The first-order valence-electron chi connectivity index (χ1n) is 5.82. The highest BCUT2D eigenvalue weighted by Gasteiger charge is 2.05. The van der Waals surface area contributed by atoms with Gasteiger partial charge in [-0.2, -0.15) is 16.8 Å². The average Bonchev–Trinajstić information content (AvgIpc) is 2.83. The Morgan fingerprint density at radius 2 is 2.33 bits per heavy atom. The molecule has 0 amide bonds. The van der Waals surface area contributed by atoms with Crippen molar-refractivity contribution in [2.75, 3.05) is 25.1 Å². The summed E-state index contributed by atoms with van der Waals surface area (Å²) in [5, 5.41) is 13.4. The number of nitrogens with zero attached hydrogens (tertiary/aromatic N) is 4. The Bertz CT molecular complexity index is 527. The van der Waals surface area contributed by atoms with Crippen molar-refractivity contribution in [2.45, 2.75) is 5.75 Å². The largest absolute Gasteiger partial charge is 0.370 e. The molecule has 0 aliphatic carbocycles. The molecule has 0 bridgehead atoms. The number of aromatic nitrogens is 1. The van der Waals surface area contributed by atoms with Gasteiger partial charge in [0.25, 0.3) is 6.54 Å². The molecule has 1 rings (SSSR count). The monoisotopic (exact) mass is 348 g/mol. The van der Waals surface area contributed by atoms with E-state index in [0.717, 1.165) is 17.2 Å². The zero-order valence-corrected chi connectivity index (χ0v) is 13.8. The van der Waals surface area contributed by atoms with Crippen molar-refractivity contribution in [3.63, 3.8) is 0 Å². The van der Waals surface area contributed by atoms with Crippen molar-refractivity contribution in [3.05, 3.63) is 21.2 Å². The molecule has 0 aliphatic rings. The minimum Gasteiger partial charge on any atom is -0.370 e. The second-order valence-corrected chi connectivity index (χ2v) is 6.50. The van der Waals surface area contributed by atoms with Gasteiger partial charge in [0.05, 0.1) is 5.69 Å². The van der Waals surface area contributed by atoms with E-state index in [2.05, 4.69) is 15.0 Å². The van der Waals surface area contributed by atoms with Gasteiger partial charge in [-0.1, -0.05) is 0 Å². The molecule has 8 nitrogen and oxygen atoms in total. The van der Waals surface area contributed by atoms with E-state index in [0.29, 0.717) is 16.7 Å². The molecule has 0 aliphatic heterocycles. The molecule has 1 heterocycles. The van der Waals surface area contributed by atoms with Crippen molar-refractivity contribution < 1.29 is 4.92 Å². The third-order valence-corrected chi connectivity index (χ3v) is 4.52. The fourth-order valence-electron chi connectivity index (χ4n) is 1.23. The van der Waals surface area contributed by atoms with Crippen molar-refractivity contribution in [1.29, 1.82) is 0 Å². The van der Waals surface area contributed by atoms with Crippen LogP contribution in [0.25, 0.3) is 0 Å². The lowest BCUT2D eigenvalue weighted by atomic mass is 10.6. The summed E-state index contributed by atoms with van der Waals surface area (Å²) < 4.78 is 0. The summed E-state index contributed by atoms with van der Waals surface area (Å²) >= 11 is 4.35. The molecule has 4 N–H and O–H groups in total. The Morgan fingerprint density at radius 1 is 1.57 bits per heavy atom. The van der Waals surface area contributed by atoms with Crippen LogP contribution < -0.4 is 11.5 Å². The van der Waals surface area contributed by atoms with Gasteiger partial charge in [0, 0.05) is 28.4 Å². The zero-order chi connectivity index (χ0) is 15.7. The Hall–Kier alpha value is -1.33. The Kier molecular flexibility index (Phi) is 8.08. The van der Waals surface area contributed by atoms with Gasteiger partial charge in [0.15, 0.2) is 5.96 Å². The molecule has 1 aromatic rings. The van der Waals surface area contributed by atoms with Crippen LogP contribution in [0.3, 0.4) is 0 Å². The molecular weight excluding hydrogens is 332 g/mol. The zero-order valence-electron chi connectivity index (χ0n) is 11.4. The Labute approximate surface area is 134 Å². The van der Waals surface area contributed by atoms with E-state index in [-0.39, 0.29) is 17.4 Å². The molecule has 0 unspecified atom stereocenters. The number of hydrogen-bond donors (Lipinski definition) is 2. The molecule has 0 spiro atoms. The number of nitrogens with two attached hydrogens (primary N) is 2. The maximum absolute atomic E-state index is 10.4. The lowest BCUT2D eigenvalue weighted by molar-refractivity contribution is -0.462. The minimum absolute atomic E-state index is 0.00623. The number of thioether (sulfide) groups is 2.